The number of unbranched alkanes of at least 4 members (excludes halogenated alkanes) is 1. The van der Waals surface area contributed by atoms with Gasteiger partial charge in [-0.05, 0) is 43.7 Å². The number of fused-ring (bicyclic) bond motifs is 1. The Labute approximate surface area is 173 Å². The van der Waals surface area contributed by atoms with Crippen molar-refractivity contribution >= 4 is 16.9 Å². The van der Waals surface area contributed by atoms with E-state index < -0.39 is 0 Å². The van der Waals surface area contributed by atoms with Gasteiger partial charge in [0.05, 0.1) is 17.2 Å². The van der Waals surface area contributed by atoms with Gasteiger partial charge in [0.15, 0.2) is 0 Å². The average molecular weight is 396 g/mol. The van der Waals surface area contributed by atoms with Gasteiger partial charge in [0, 0.05) is 31.8 Å². The third kappa shape index (κ3) is 5.06. The highest BCUT2D eigenvalue weighted by Crippen LogP contribution is 2.33. The van der Waals surface area contributed by atoms with Gasteiger partial charge in [-0.1, -0.05) is 38.3 Å². The predicted molar refractivity (Wildman–Crippen MR) is 115 cm³/mol. The van der Waals surface area contributed by atoms with Gasteiger partial charge in [0.1, 0.15) is 6.10 Å². The first-order chi connectivity index (χ1) is 14.2. The molecule has 5 heteroatoms. The van der Waals surface area contributed by atoms with Gasteiger partial charge in [-0.2, -0.15) is 0 Å². The Morgan fingerprint density at radius 1 is 1.07 bits per heavy atom. The van der Waals surface area contributed by atoms with Crippen LogP contribution < -0.4 is 4.74 Å². The Balaban J connectivity index is 1.24. The second-order valence-electron chi connectivity index (χ2n) is 8.70. The van der Waals surface area contributed by atoms with Gasteiger partial charge in [-0.15, -0.1) is 0 Å². The van der Waals surface area contributed by atoms with Crippen LogP contribution in [0.25, 0.3) is 11.0 Å². The van der Waals surface area contributed by atoms with Crippen LogP contribution in [0.3, 0.4) is 0 Å². The molecular formula is C24H33N3O2. The van der Waals surface area contributed by atoms with Gasteiger partial charge in [0.2, 0.25) is 11.8 Å². The molecule has 2 fully saturated rings. The van der Waals surface area contributed by atoms with Crippen LogP contribution in [0.2, 0.25) is 0 Å². The fourth-order valence-corrected chi connectivity index (χ4v) is 4.81. The van der Waals surface area contributed by atoms with E-state index in [2.05, 4.69) is 21.8 Å². The third-order valence-electron chi connectivity index (χ3n) is 6.63. The molecule has 4 rings (SSSR count). The van der Waals surface area contributed by atoms with E-state index in [-0.39, 0.29) is 12.0 Å². The molecule has 29 heavy (non-hydrogen) atoms. The molecule has 0 bridgehead atoms. The van der Waals surface area contributed by atoms with Gasteiger partial charge >= 0.3 is 0 Å². The van der Waals surface area contributed by atoms with E-state index in [1.54, 1.807) is 6.20 Å². The van der Waals surface area contributed by atoms with Crippen LogP contribution in [0.5, 0.6) is 5.88 Å². The Morgan fingerprint density at radius 2 is 1.79 bits per heavy atom. The zero-order chi connectivity index (χ0) is 20.1. The zero-order valence-corrected chi connectivity index (χ0v) is 17.6. The van der Waals surface area contributed by atoms with Gasteiger partial charge < -0.3 is 9.64 Å². The van der Waals surface area contributed by atoms with Gasteiger partial charge in [-0.25, -0.2) is 9.97 Å². The van der Waals surface area contributed by atoms with E-state index in [0.717, 1.165) is 55.7 Å². The maximum Gasteiger partial charge on any atom is 0.233 e. The molecule has 2 heterocycles. The van der Waals surface area contributed by atoms with Crippen molar-refractivity contribution in [3.8, 4) is 5.88 Å². The summed E-state index contributed by atoms with van der Waals surface area (Å²) in [6.07, 6.45) is 12.1. The van der Waals surface area contributed by atoms with E-state index in [0.29, 0.717) is 11.8 Å². The summed E-state index contributed by atoms with van der Waals surface area (Å²) in [4.78, 5) is 24.0. The van der Waals surface area contributed by atoms with Gasteiger partial charge in [0.25, 0.3) is 0 Å². The lowest BCUT2D eigenvalue weighted by Crippen LogP contribution is -2.45. The molecule has 1 aromatic heterocycles. The van der Waals surface area contributed by atoms with Crippen molar-refractivity contribution in [3.63, 3.8) is 0 Å². The molecule has 1 aromatic carbocycles. The maximum atomic E-state index is 12.9. The summed E-state index contributed by atoms with van der Waals surface area (Å²) in [5, 5.41) is 0. The van der Waals surface area contributed by atoms with Crippen LogP contribution in [0, 0.1) is 11.8 Å². The number of para-hydroxylation sites is 2. The summed E-state index contributed by atoms with van der Waals surface area (Å²) >= 11 is 0. The fourth-order valence-electron chi connectivity index (χ4n) is 4.81. The number of likely N-dealkylation sites (tertiary alicyclic amines) is 1. The first kappa shape index (κ1) is 20.1. The summed E-state index contributed by atoms with van der Waals surface area (Å²) in [6.45, 7) is 3.84. The molecule has 2 aliphatic rings. The highest BCUT2D eigenvalue weighted by atomic mass is 16.5. The van der Waals surface area contributed by atoms with E-state index in [1.807, 2.05) is 24.3 Å². The van der Waals surface area contributed by atoms with Crippen LogP contribution in [0.4, 0.5) is 0 Å². The number of hydrogen-bond donors (Lipinski definition) is 0. The van der Waals surface area contributed by atoms with Crippen LogP contribution in [0.15, 0.2) is 30.5 Å². The van der Waals surface area contributed by atoms with E-state index in [1.165, 1.54) is 32.1 Å². The summed E-state index contributed by atoms with van der Waals surface area (Å²) in [5.74, 6) is 2.06. The first-order valence-corrected chi connectivity index (χ1v) is 11.4. The summed E-state index contributed by atoms with van der Waals surface area (Å²) in [7, 11) is 0. The highest BCUT2D eigenvalue weighted by Gasteiger charge is 2.31. The third-order valence-corrected chi connectivity index (χ3v) is 6.63. The summed E-state index contributed by atoms with van der Waals surface area (Å²) in [6, 6.07) is 7.82. The Kier molecular flexibility index (Phi) is 6.63. The Bertz CT molecular complexity index is 809. The minimum Gasteiger partial charge on any atom is -0.473 e. The van der Waals surface area contributed by atoms with Crippen LogP contribution in [0.1, 0.15) is 64.7 Å². The normalized spacial score (nSPS) is 23.3. The largest absolute Gasteiger partial charge is 0.473 e. The lowest BCUT2D eigenvalue weighted by Gasteiger charge is -2.36. The molecule has 1 aliphatic carbocycles. The van der Waals surface area contributed by atoms with Crippen molar-refractivity contribution in [2.75, 3.05) is 13.1 Å². The van der Waals surface area contributed by atoms with Crippen molar-refractivity contribution in [3.05, 3.63) is 30.5 Å². The van der Waals surface area contributed by atoms with E-state index >= 15 is 0 Å². The molecule has 0 unspecified atom stereocenters. The SMILES string of the molecule is CCCCC1CCC(C(=O)N2CCC(Oc3cnc4ccccc4n3)CC2)CC1. The average Bonchev–Trinajstić information content (AvgIpc) is 2.78. The molecule has 0 spiro atoms. The summed E-state index contributed by atoms with van der Waals surface area (Å²) < 4.78 is 6.08. The van der Waals surface area contributed by atoms with Crippen molar-refractivity contribution in [2.24, 2.45) is 11.8 Å². The molecular weight excluding hydrogens is 362 g/mol. The topological polar surface area (TPSA) is 55.3 Å². The quantitative estimate of drug-likeness (QED) is 0.691. The van der Waals surface area contributed by atoms with Crippen molar-refractivity contribution in [1.29, 1.82) is 0 Å². The number of nitrogens with zero attached hydrogens (tertiary/aromatic N) is 3. The summed E-state index contributed by atoms with van der Waals surface area (Å²) in [5.41, 5.74) is 1.73. The molecule has 0 atom stereocenters. The van der Waals surface area contributed by atoms with Crippen molar-refractivity contribution < 1.29 is 9.53 Å². The van der Waals surface area contributed by atoms with Crippen molar-refractivity contribution in [2.45, 2.75) is 70.8 Å². The number of amides is 1. The minimum atomic E-state index is 0.110. The predicted octanol–water partition coefficient (Wildman–Crippen LogP) is 5.00. The van der Waals surface area contributed by atoms with E-state index in [4.69, 9.17) is 4.74 Å². The molecule has 1 amide bonds. The highest BCUT2D eigenvalue weighted by molar-refractivity contribution is 5.79. The van der Waals surface area contributed by atoms with Gasteiger partial charge in [-0.3, -0.25) is 4.79 Å². The smallest absolute Gasteiger partial charge is 0.233 e. The number of rotatable bonds is 6. The van der Waals surface area contributed by atoms with Crippen molar-refractivity contribution in [1.82, 2.24) is 14.9 Å². The van der Waals surface area contributed by atoms with Crippen LogP contribution in [-0.4, -0.2) is 40.0 Å². The molecule has 156 valence electrons. The zero-order valence-electron chi connectivity index (χ0n) is 17.6. The number of benzene rings is 1. The Hall–Kier alpha value is -2.17. The standard InChI is InChI=1S/C24H33N3O2/c1-2-3-6-18-9-11-19(12-10-18)24(28)27-15-13-20(14-16-27)29-23-17-25-21-7-4-5-8-22(21)26-23/h4-5,7-8,17-20H,2-3,6,9-16H2,1H3. The molecule has 1 saturated heterocycles. The van der Waals surface area contributed by atoms with E-state index in [9.17, 15) is 4.79 Å². The van der Waals surface area contributed by atoms with Crippen LogP contribution >= 0.6 is 0 Å². The number of hydrogen-bond acceptors (Lipinski definition) is 4. The molecule has 2 aromatic rings. The number of aromatic nitrogens is 2. The molecule has 5 nitrogen and oxygen atoms in total. The lowest BCUT2D eigenvalue weighted by atomic mass is 9.79. The lowest BCUT2D eigenvalue weighted by molar-refractivity contribution is -0.138. The minimum absolute atomic E-state index is 0.110. The number of ether oxygens (including phenoxy) is 1. The monoisotopic (exact) mass is 395 g/mol. The molecule has 0 radical (unpaired) electrons. The Morgan fingerprint density at radius 3 is 2.52 bits per heavy atom. The number of carbonyl (C=O) groups excluding carboxylic acids is 1. The van der Waals surface area contributed by atoms with Crippen LogP contribution in [-0.2, 0) is 4.79 Å². The number of carbonyl (C=O) groups is 1. The molecule has 1 aliphatic heterocycles. The molecule has 1 saturated carbocycles. The fraction of sp³-hybridized carbons (Fsp3) is 0.625. The maximum absolute atomic E-state index is 12.9. The number of piperidine rings is 1. The molecule has 0 N–H and O–H groups in total. The first-order valence-electron chi connectivity index (χ1n) is 11.4. The second-order valence-corrected chi connectivity index (χ2v) is 8.70. The second kappa shape index (κ2) is 9.55.